The van der Waals surface area contributed by atoms with Gasteiger partial charge in [0.25, 0.3) is 0 Å². The van der Waals surface area contributed by atoms with Gasteiger partial charge in [-0.25, -0.2) is 0 Å². The molecule has 112 valence electrons. The molecule has 0 radical (unpaired) electrons. The van der Waals surface area contributed by atoms with Gasteiger partial charge in [0.1, 0.15) is 0 Å². The van der Waals surface area contributed by atoms with Crippen LogP contribution in [-0.4, -0.2) is 6.54 Å². The summed E-state index contributed by atoms with van der Waals surface area (Å²) in [5, 5.41) is 3.83. The van der Waals surface area contributed by atoms with Crippen LogP contribution in [0.5, 0.6) is 0 Å². The highest BCUT2D eigenvalue weighted by Gasteiger charge is 2.27. The monoisotopic (exact) mass is 273 g/mol. The molecule has 1 fully saturated rings. The van der Waals surface area contributed by atoms with Gasteiger partial charge in [-0.2, -0.15) is 0 Å². The predicted octanol–water partition coefficient (Wildman–Crippen LogP) is 5.17. The van der Waals surface area contributed by atoms with Crippen LogP contribution in [0.15, 0.2) is 18.2 Å². The second-order valence-corrected chi connectivity index (χ2v) is 6.81. The number of hydrogen-bond donors (Lipinski definition) is 1. The van der Waals surface area contributed by atoms with Crippen LogP contribution in [0.2, 0.25) is 0 Å². The fourth-order valence-corrected chi connectivity index (χ4v) is 3.62. The maximum atomic E-state index is 3.83. The molecular weight excluding hydrogens is 242 g/mol. The number of hydrogen-bond acceptors (Lipinski definition) is 1. The van der Waals surface area contributed by atoms with Crippen molar-refractivity contribution in [2.75, 3.05) is 6.54 Å². The average Bonchev–Trinajstić information content (AvgIpc) is 2.42. The van der Waals surface area contributed by atoms with Gasteiger partial charge in [0, 0.05) is 6.04 Å². The van der Waals surface area contributed by atoms with E-state index in [4.69, 9.17) is 0 Å². The molecule has 20 heavy (non-hydrogen) atoms. The molecular formula is C19H31N. The quantitative estimate of drug-likeness (QED) is 0.780. The minimum absolute atomic E-state index is 0.558. The van der Waals surface area contributed by atoms with Crippen molar-refractivity contribution in [3.63, 3.8) is 0 Å². The van der Waals surface area contributed by atoms with E-state index in [1.165, 1.54) is 48.8 Å². The number of aryl methyl sites for hydroxylation is 2. The van der Waals surface area contributed by atoms with Gasteiger partial charge in [-0.3, -0.25) is 0 Å². The Morgan fingerprint density at radius 1 is 1.15 bits per heavy atom. The van der Waals surface area contributed by atoms with E-state index in [9.17, 15) is 0 Å². The first-order valence-electron chi connectivity index (χ1n) is 8.42. The maximum absolute atomic E-state index is 3.83. The summed E-state index contributed by atoms with van der Waals surface area (Å²) >= 11 is 0. The lowest BCUT2D eigenvalue weighted by Crippen LogP contribution is -2.31. The molecule has 0 spiro atoms. The zero-order chi connectivity index (χ0) is 14.5. The van der Waals surface area contributed by atoms with Crippen LogP contribution in [0.1, 0.15) is 68.7 Å². The van der Waals surface area contributed by atoms with Crippen LogP contribution in [0.3, 0.4) is 0 Å². The third-order valence-corrected chi connectivity index (χ3v) is 4.91. The van der Waals surface area contributed by atoms with Gasteiger partial charge in [0.15, 0.2) is 0 Å². The molecule has 0 saturated heterocycles. The van der Waals surface area contributed by atoms with E-state index in [0.717, 1.165) is 18.4 Å². The summed E-state index contributed by atoms with van der Waals surface area (Å²) in [6.45, 7) is 10.3. The summed E-state index contributed by atoms with van der Waals surface area (Å²) in [6.07, 6.45) is 6.79. The molecule has 1 atom stereocenters. The zero-order valence-corrected chi connectivity index (χ0v) is 13.7. The number of nitrogens with one attached hydrogen (secondary N) is 1. The third-order valence-electron chi connectivity index (χ3n) is 4.91. The van der Waals surface area contributed by atoms with Gasteiger partial charge in [0.2, 0.25) is 0 Å². The van der Waals surface area contributed by atoms with E-state index in [2.05, 4.69) is 51.2 Å². The van der Waals surface area contributed by atoms with Crippen molar-refractivity contribution in [3.05, 3.63) is 34.9 Å². The summed E-state index contributed by atoms with van der Waals surface area (Å²) in [5.74, 6) is 1.75. The van der Waals surface area contributed by atoms with Crippen LogP contribution in [-0.2, 0) is 0 Å². The molecule has 2 rings (SSSR count). The molecule has 1 nitrogen and oxygen atoms in total. The smallest absolute Gasteiger partial charge is 0.0351 e. The zero-order valence-electron chi connectivity index (χ0n) is 13.7. The van der Waals surface area contributed by atoms with Gasteiger partial charge in [-0.15, -0.1) is 0 Å². The highest BCUT2D eigenvalue weighted by atomic mass is 14.9. The fourth-order valence-electron chi connectivity index (χ4n) is 3.62. The van der Waals surface area contributed by atoms with Crippen LogP contribution < -0.4 is 5.32 Å². The lowest BCUT2D eigenvalue weighted by atomic mass is 9.76. The Kier molecular flexibility index (Phi) is 5.65. The molecule has 0 aromatic heterocycles. The van der Waals surface area contributed by atoms with Crippen molar-refractivity contribution in [1.82, 2.24) is 5.32 Å². The molecule has 1 aromatic rings. The van der Waals surface area contributed by atoms with Crippen molar-refractivity contribution in [2.45, 2.75) is 65.8 Å². The first-order chi connectivity index (χ1) is 9.61. The molecule has 0 heterocycles. The summed E-state index contributed by atoms with van der Waals surface area (Å²) in [7, 11) is 0. The average molecular weight is 273 g/mol. The second kappa shape index (κ2) is 7.26. The molecule has 1 heteroatoms. The standard InChI is InChI=1S/C19H31N/c1-5-12-20-19(17-9-6-14(2)7-10-17)18-11-8-15(3)13-16(18)4/h8,11,13-14,17,19-20H,5-7,9-10,12H2,1-4H3. The molecule has 1 N–H and O–H groups in total. The Morgan fingerprint density at radius 2 is 1.85 bits per heavy atom. The van der Waals surface area contributed by atoms with E-state index >= 15 is 0 Å². The molecule has 1 aliphatic rings. The van der Waals surface area contributed by atoms with Crippen molar-refractivity contribution in [2.24, 2.45) is 11.8 Å². The van der Waals surface area contributed by atoms with Crippen molar-refractivity contribution < 1.29 is 0 Å². The van der Waals surface area contributed by atoms with Gasteiger partial charge in [-0.1, -0.05) is 50.5 Å². The van der Waals surface area contributed by atoms with E-state index in [-0.39, 0.29) is 0 Å². The predicted molar refractivity (Wildman–Crippen MR) is 88.1 cm³/mol. The van der Waals surface area contributed by atoms with Crippen LogP contribution in [0.25, 0.3) is 0 Å². The minimum atomic E-state index is 0.558. The SMILES string of the molecule is CCCNC(c1ccc(C)cc1C)C1CCC(C)CC1. The van der Waals surface area contributed by atoms with Crippen LogP contribution in [0, 0.1) is 25.7 Å². The Labute approximate surface area is 125 Å². The third kappa shape index (κ3) is 3.85. The van der Waals surface area contributed by atoms with E-state index in [1.54, 1.807) is 0 Å². The first-order valence-corrected chi connectivity index (χ1v) is 8.42. The molecule has 1 saturated carbocycles. The Hall–Kier alpha value is -0.820. The van der Waals surface area contributed by atoms with Crippen molar-refractivity contribution in [3.8, 4) is 0 Å². The molecule has 1 unspecified atom stereocenters. The van der Waals surface area contributed by atoms with Crippen LogP contribution >= 0.6 is 0 Å². The Bertz CT molecular complexity index is 416. The highest BCUT2D eigenvalue weighted by Crippen LogP contribution is 2.37. The van der Waals surface area contributed by atoms with Gasteiger partial charge in [0.05, 0.1) is 0 Å². The van der Waals surface area contributed by atoms with Gasteiger partial charge >= 0.3 is 0 Å². The number of rotatable bonds is 5. The summed E-state index contributed by atoms with van der Waals surface area (Å²) < 4.78 is 0. The largest absolute Gasteiger partial charge is 0.310 e. The van der Waals surface area contributed by atoms with Crippen molar-refractivity contribution in [1.29, 1.82) is 0 Å². The molecule has 0 bridgehead atoms. The maximum Gasteiger partial charge on any atom is 0.0351 e. The minimum Gasteiger partial charge on any atom is -0.310 e. The van der Waals surface area contributed by atoms with E-state index in [1.807, 2.05) is 0 Å². The van der Waals surface area contributed by atoms with Gasteiger partial charge in [-0.05, 0) is 62.6 Å². The first kappa shape index (κ1) is 15.6. The van der Waals surface area contributed by atoms with E-state index < -0.39 is 0 Å². The van der Waals surface area contributed by atoms with Crippen LogP contribution in [0.4, 0.5) is 0 Å². The van der Waals surface area contributed by atoms with Crippen molar-refractivity contribution >= 4 is 0 Å². The fraction of sp³-hybridized carbons (Fsp3) is 0.684. The number of benzene rings is 1. The summed E-state index contributed by atoms with van der Waals surface area (Å²) in [5.41, 5.74) is 4.36. The molecule has 1 aliphatic carbocycles. The Balaban J connectivity index is 2.17. The topological polar surface area (TPSA) is 12.0 Å². The lowest BCUT2D eigenvalue weighted by Gasteiger charge is -2.34. The van der Waals surface area contributed by atoms with Gasteiger partial charge < -0.3 is 5.32 Å². The summed E-state index contributed by atoms with van der Waals surface area (Å²) in [6, 6.07) is 7.52. The lowest BCUT2D eigenvalue weighted by molar-refractivity contribution is 0.231. The molecule has 1 aromatic carbocycles. The normalized spacial score (nSPS) is 24.6. The molecule has 0 amide bonds. The Morgan fingerprint density at radius 3 is 2.45 bits per heavy atom. The molecule has 0 aliphatic heterocycles. The summed E-state index contributed by atoms with van der Waals surface area (Å²) in [4.78, 5) is 0. The van der Waals surface area contributed by atoms with E-state index in [0.29, 0.717) is 6.04 Å². The highest BCUT2D eigenvalue weighted by molar-refractivity contribution is 5.33. The second-order valence-electron chi connectivity index (χ2n) is 6.81.